The van der Waals surface area contributed by atoms with Crippen LogP contribution in [0.2, 0.25) is 0 Å². The highest BCUT2D eigenvalue weighted by molar-refractivity contribution is 5.78. The molecule has 2 fully saturated rings. The second kappa shape index (κ2) is 8.36. The Bertz CT molecular complexity index is 809. The normalized spacial score (nSPS) is 23.7. The summed E-state index contributed by atoms with van der Waals surface area (Å²) in [6.07, 6.45) is 2.11. The number of aromatic nitrogens is 2. The molecule has 3 heterocycles. The number of benzene rings is 1. The first kappa shape index (κ1) is 19.0. The average molecular weight is 387 g/mol. The summed E-state index contributed by atoms with van der Waals surface area (Å²) < 4.78 is 18.6. The SMILES string of the molecule is CN1CCNCC1c1noc(C2CCCN(C(=O)Cc3ccc(F)cc3)C2)n1. The van der Waals surface area contributed by atoms with Crippen LogP contribution in [0, 0.1) is 5.82 Å². The van der Waals surface area contributed by atoms with Crippen molar-refractivity contribution in [2.45, 2.75) is 31.2 Å². The molecule has 0 spiro atoms. The van der Waals surface area contributed by atoms with Crippen LogP contribution in [0.15, 0.2) is 28.8 Å². The van der Waals surface area contributed by atoms with E-state index in [4.69, 9.17) is 4.52 Å². The zero-order chi connectivity index (χ0) is 19.5. The van der Waals surface area contributed by atoms with E-state index in [1.807, 2.05) is 4.90 Å². The maximum Gasteiger partial charge on any atom is 0.231 e. The fourth-order valence-corrected chi connectivity index (χ4v) is 3.94. The van der Waals surface area contributed by atoms with Crippen LogP contribution in [-0.4, -0.2) is 65.6 Å². The summed E-state index contributed by atoms with van der Waals surface area (Å²) in [6, 6.07) is 6.21. The van der Waals surface area contributed by atoms with Crippen LogP contribution in [0.5, 0.6) is 0 Å². The van der Waals surface area contributed by atoms with Gasteiger partial charge in [0.25, 0.3) is 0 Å². The van der Waals surface area contributed by atoms with Crippen molar-refractivity contribution >= 4 is 5.91 Å². The zero-order valence-electron chi connectivity index (χ0n) is 16.1. The Morgan fingerprint density at radius 1 is 1.32 bits per heavy atom. The number of piperidine rings is 1. The maximum absolute atomic E-state index is 13.1. The number of hydrogen-bond donors (Lipinski definition) is 1. The molecule has 2 aromatic rings. The largest absolute Gasteiger partial charge is 0.342 e. The first-order chi connectivity index (χ1) is 13.6. The highest BCUT2D eigenvalue weighted by Gasteiger charge is 2.31. The number of halogens is 1. The van der Waals surface area contributed by atoms with Crippen molar-refractivity contribution in [1.82, 2.24) is 25.3 Å². The van der Waals surface area contributed by atoms with E-state index < -0.39 is 0 Å². The number of carbonyl (C=O) groups excluding carboxylic acids is 1. The van der Waals surface area contributed by atoms with Crippen molar-refractivity contribution in [3.63, 3.8) is 0 Å². The molecule has 0 saturated carbocycles. The summed E-state index contributed by atoms with van der Waals surface area (Å²) >= 11 is 0. The second-order valence-electron chi connectivity index (χ2n) is 7.67. The molecule has 1 N–H and O–H groups in total. The quantitative estimate of drug-likeness (QED) is 0.861. The highest BCUT2D eigenvalue weighted by Crippen LogP contribution is 2.28. The molecule has 2 aliphatic rings. The van der Waals surface area contributed by atoms with Gasteiger partial charge in [-0.25, -0.2) is 4.39 Å². The third-order valence-electron chi connectivity index (χ3n) is 5.66. The summed E-state index contributed by atoms with van der Waals surface area (Å²) in [4.78, 5) is 21.4. The molecule has 0 bridgehead atoms. The van der Waals surface area contributed by atoms with Crippen LogP contribution in [0.3, 0.4) is 0 Å². The molecular formula is C20H26FN5O2. The molecule has 7 nitrogen and oxygen atoms in total. The van der Waals surface area contributed by atoms with Gasteiger partial charge in [-0.15, -0.1) is 0 Å². The lowest BCUT2D eigenvalue weighted by Crippen LogP contribution is -2.44. The molecule has 1 aromatic carbocycles. The van der Waals surface area contributed by atoms with Gasteiger partial charge in [-0.05, 0) is 37.6 Å². The third-order valence-corrected chi connectivity index (χ3v) is 5.66. The standard InChI is InChI=1S/C20H26FN5O2/c1-25-10-8-22-12-17(25)19-23-20(28-24-19)15-3-2-9-26(13-15)18(27)11-14-4-6-16(21)7-5-14/h4-7,15,17,22H,2-3,8-13H2,1H3. The van der Waals surface area contributed by atoms with E-state index in [9.17, 15) is 9.18 Å². The second-order valence-corrected chi connectivity index (χ2v) is 7.67. The fraction of sp³-hybridized carbons (Fsp3) is 0.550. The number of likely N-dealkylation sites (tertiary alicyclic amines) is 1. The van der Waals surface area contributed by atoms with Gasteiger partial charge in [-0.3, -0.25) is 9.69 Å². The van der Waals surface area contributed by atoms with Crippen LogP contribution in [-0.2, 0) is 11.2 Å². The minimum atomic E-state index is -0.291. The molecule has 2 unspecified atom stereocenters. The minimum absolute atomic E-state index is 0.0484. The molecule has 28 heavy (non-hydrogen) atoms. The van der Waals surface area contributed by atoms with Crippen LogP contribution >= 0.6 is 0 Å². The molecule has 4 rings (SSSR count). The first-order valence-electron chi connectivity index (χ1n) is 9.87. The summed E-state index contributed by atoms with van der Waals surface area (Å²) in [5, 5.41) is 7.57. The number of rotatable bonds is 4. The van der Waals surface area contributed by atoms with Gasteiger partial charge < -0.3 is 14.7 Å². The average Bonchev–Trinajstić information content (AvgIpc) is 3.20. The van der Waals surface area contributed by atoms with E-state index in [-0.39, 0.29) is 30.1 Å². The van der Waals surface area contributed by atoms with E-state index in [2.05, 4.69) is 27.4 Å². The molecule has 2 atom stereocenters. The van der Waals surface area contributed by atoms with Gasteiger partial charge in [-0.2, -0.15) is 4.98 Å². The van der Waals surface area contributed by atoms with Crippen molar-refractivity contribution in [2.75, 3.05) is 39.8 Å². The monoisotopic (exact) mass is 387 g/mol. The molecule has 2 saturated heterocycles. The van der Waals surface area contributed by atoms with Gasteiger partial charge in [0.05, 0.1) is 18.4 Å². The van der Waals surface area contributed by atoms with E-state index in [1.165, 1.54) is 12.1 Å². The summed E-state index contributed by atoms with van der Waals surface area (Å²) in [7, 11) is 2.07. The lowest BCUT2D eigenvalue weighted by Gasteiger charge is -2.31. The topological polar surface area (TPSA) is 74.5 Å². The molecule has 1 amide bonds. The van der Waals surface area contributed by atoms with E-state index in [0.29, 0.717) is 18.3 Å². The third kappa shape index (κ3) is 4.23. The molecule has 150 valence electrons. The van der Waals surface area contributed by atoms with Crippen molar-refractivity contribution in [1.29, 1.82) is 0 Å². The van der Waals surface area contributed by atoms with E-state index >= 15 is 0 Å². The van der Waals surface area contributed by atoms with E-state index in [1.54, 1.807) is 12.1 Å². The van der Waals surface area contributed by atoms with Gasteiger partial charge in [0.15, 0.2) is 5.82 Å². The molecule has 0 radical (unpaired) electrons. The Balaban J connectivity index is 1.39. The van der Waals surface area contributed by atoms with E-state index in [0.717, 1.165) is 44.6 Å². The van der Waals surface area contributed by atoms with Gasteiger partial charge in [0.2, 0.25) is 11.8 Å². The zero-order valence-corrected chi connectivity index (χ0v) is 16.1. The number of likely N-dealkylation sites (N-methyl/N-ethyl adjacent to an activating group) is 1. The Morgan fingerprint density at radius 3 is 2.93 bits per heavy atom. The molecular weight excluding hydrogens is 361 g/mol. The van der Waals surface area contributed by atoms with Gasteiger partial charge in [-0.1, -0.05) is 17.3 Å². The van der Waals surface area contributed by atoms with Crippen molar-refractivity contribution < 1.29 is 13.7 Å². The lowest BCUT2D eigenvalue weighted by molar-refractivity contribution is -0.131. The van der Waals surface area contributed by atoms with Gasteiger partial charge >= 0.3 is 0 Å². The fourth-order valence-electron chi connectivity index (χ4n) is 3.94. The highest BCUT2D eigenvalue weighted by atomic mass is 19.1. The first-order valence-corrected chi connectivity index (χ1v) is 9.87. The Kier molecular flexibility index (Phi) is 5.68. The Morgan fingerprint density at radius 2 is 2.14 bits per heavy atom. The lowest BCUT2D eigenvalue weighted by atomic mass is 9.97. The minimum Gasteiger partial charge on any atom is -0.342 e. The number of carbonyl (C=O) groups is 1. The predicted molar refractivity (Wildman–Crippen MR) is 101 cm³/mol. The van der Waals surface area contributed by atoms with Crippen LogP contribution in [0.25, 0.3) is 0 Å². The van der Waals surface area contributed by atoms with Crippen molar-refractivity contribution in [2.24, 2.45) is 0 Å². The summed E-state index contributed by atoms with van der Waals surface area (Å²) in [6.45, 7) is 4.03. The number of amides is 1. The molecule has 0 aliphatic carbocycles. The number of nitrogens with one attached hydrogen (secondary N) is 1. The number of piperazine rings is 1. The predicted octanol–water partition coefficient (Wildman–Crippen LogP) is 1.73. The van der Waals surface area contributed by atoms with Gasteiger partial charge in [0.1, 0.15) is 5.82 Å². The van der Waals surface area contributed by atoms with Crippen LogP contribution in [0.1, 0.15) is 42.1 Å². The maximum atomic E-state index is 13.1. The van der Waals surface area contributed by atoms with Gasteiger partial charge in [0, 0.05) is 32.7 Å². The smallest absolute Gasteiger partial charge is 0.231 e. The molecule has 2 aliphatic heterocycles. The van der Waals surface area contributed by atoms with Crippen LogP contribution in [0.4, 0.5) is 4.39 Å². The molecule has 8 heteroatoms. The Hall–Kier alpha value is -2.32. The van der Waals surface area contributed by atoms with Crippen LogP contribution < -0.4 is 5.32 Å². The molecule has 1 aromatic heterocycles. The summed E-state index contributed by atoms with van der Waals surface area (Å²) in [5.74, 6) is 1.15. The Labute approximate surface area is 163 Å². The van der Waals surface area contributed by atoms with Crippen molar-refractivity contribution in [3.05, 3.63) is 47.4 Å². The number of nitrogens with zero attached hydrogens (tertiary/aromatic N) is 4. The summed E-state index contributed by atoms with van der Waals surface area (Å²) in [5.41, 5.74) is 0.821. The van der Waals surface area contributed by atoms with Crippen molar-refractivity contribution in [3.8, 4) is 0 Å². The number of hydrogen-bond acceptors (Lipinski definition) is 6.